The van der Waals surface area contributed by atoms with Crippen LogP contribution in [0.15, 0.2) is 29.4 Å². The van der Waals surface area contributed by atoms with Crippen LogP contribution in [-0.2, 0) is 11.2 Å². The van der Waals surface area contributed by atoms with Crippen molar-refractivity contribution < 1.29 is 9.53 Å². The lowest BCUT2D eigenvalue weighted by Gasteiger charge is -2.24. The highest BCUT2D eigenvalue weighted by Crippen LogP contribution is 2.23. The first-order valence-corrected chi connectivity index (χ1v) is 9.14. The molecule has 148 valence electrons. The third-order valence-electron chi connectivity index (χ3n) is 4.16. The lowest BCUT2D eigenvalue weighted by Crippen LogP contribution is -2.29. The van der Waals surface area contributed by atoms with E-state index >= 15 is 0 Å². The molecule has 2 heterocycles. The lowest BCUT2D eigenvalue weighted by molar-refractivity contribution is 0.0903. The number of aryl methyl sites for hydroxylation is 1. The number of rotatable bonds is 9. The number of allylic oxidation sites excluding steroid dienone is 2. The predicted molar refractivity (Wildman–Crippen MR) is 111 cm³/mol. The second kappa shape index (κ2) is 10.6. The van der Waals surface area contributed by atoms with Gasteiger partial charge in [-0.05, 0) is 31.4 Å². The van der Waals surface area contributed by atoms with Gasteiger partial charge in [-0.15, -0.1) is 0 Å². The van der Waals surface area contributed by atoms with Crippen LogP contribution < -0.4 is 22.0 Å². The van der Waals surface area contributed by atoms with E-state index in [4.69, 9.17) is 24.2 Å². The number of carbonyl (C=O) groups excluding carboxylic acids is 1. The summed E-state index contributed by atoms with van der Waals surface area (Å²) in [6.07, 6.45) is 5.40. The minimum Gasteiger partial charge on any atom is -0.401 e. The molecule has 0 bridgehead atoms. The summed E-state index contributed by atoms with van der Waals surface area (Å²) in [7, 11) is 5.27. The van der Waals surface area contributed by atoms with Crippen molar-refractivity contribution in [2.24, 2.45) is 16.5 Å². The Balaban J connectivity index is 2.46. The summed E-state index contributed by atoms with van der Waals surface area (Å²) in [5, 5.41) is 5.85. The number of aliphatic imine (C=N–C) groups is 1. The number of hydrogen-bond donors (Lipinski definition) is 4. The smallest absolute Gasteiger partial charge is 0.271 e. The number of hydrogen-bond acceptors (Lipinski definition) is 8. The Morgan fingerprint density at radius 1 is 1.39 bits per heavy atom. The molecule has 2 rings (SSSR count). The van der Waals surface area contributed by atoms with E-state index in [-0.39, 0.29) is 24.1 Å². The van der Waals surface area contributed by atoms with Crippen LogP contribution in [0.2, 0.25) is 0 Å². The monoisotopic (exact) mass is 383 g/mol. The average molecular weight is 383 g/mol. The minimum absolute atomic E-state index is 0.00218. The highest BCUT2D eigenvalue weighted by Gasteiger charge is 2.20. The Morgan fingerprint density at radius 3 is 2.68 bits per heavy atom. The van der Waals surface area contributed by atoms with Crippen molar-refractivity contribution >= 4 is 31.2 Å². The van der Waals surface area contributed by atoms with Crippen molar-refractivity contribution in [3.63, 3.8) is 0 Å². The Bertz CT molecular complexity index is 773. The van der Waals surface area contributed by atoms with Gasteiger partial charge >= 0.3 is 0 Å². The van der Waals surface area contributed by atoms with Gasteiger partial charge in [0.15, 0.2) is 25.3 Å². The molecule has 1 aliphatic heterocycles. The molecule has 1 amide bonds. The Hall–Kier alpha value is -2.72. The standard InChI is InChI=1S/C18H26BN7O2/c1-3-12(9-11(20)10-22-19)23-18-15(16(21)27)25-14(4-2)17(26-18)24-13-5-7-28-8-6-13/h3,9,13,22H,1,4-8,10,20H2,2H3,(H2,21,27)(H,24,26)/b11-9-,23-12?. The SMILES string of the molecule is [B]NC/C(N)=C/C(C=C)=Nc1nc(NC2CCOCC2)c(CC)nc1C(N)=O. The predicted octanol–water partition coefficient (Wildman–Crippen LogP) is 0.503. The maximum atomic E-state index is 11.9. The second-order valence-electron chi connectivity index (χ2n) is 6.28. The van der Waals surface area contributed by atoms with Gasteiger partial charge in [-0.25, -0.2) is 15.0 Å². The van der Waals surface area contributed by atoms with Gasteiger partial charge in [0.2, 0.25) is 0 Å². The summed E-state index contributed by atoms with van der Waals surface area (Å²) in [5.74, 6) is -0.0105. The van der Waals surface area contributed by atoms with E-state index in [1.165, 1.54) is 6.08 Å². The van der Waals surface area contributed by atoms with Gasteiger partial charge in [0.1, 0.15) is 0 Å². The number of anilines is 1. The van der Waals surface area contributed by atoms with Gasteiger partial charge in [0, 0.05) is 31.5 Å². The van der Waals surface area contributed by atoms with Crippen LogP contribution in [0.3, 0.4) is 0 Å². The molecule has 0 atom stereocenters. The second-order valence-corrected chi connectivity index (χ2v) is 6.28. The Morgan fingerprint density at radius 2 is 2.11 bits per heavy atom. The molecule has 28 heavy (non-hydrogen) atoms. The van der Waals surface area contributed by atoms with Crippen molar-refractivity contribution in [3.8, 4) is 0 Å². The van der Waals surface area contributed by atoms with E-state index in [1.807, 2.05) is 6.92 Å². The van der Waals surface area contributed by atoms with Crippen molar-refractivity contribution in [2.45, 2.75) is 32.2 Å². The summed E-state index contributed by atoms with van der Waals surface area (Å²) in [6.45, 7) is 7.31. The molecular weight excluding hydrogens is 357 g/mol. The Labute approximate surface area is 166 Å². The van der Waals surface area contributed by atoms with Crippen molar-refractivity contribution in [3.05, 3.63) is 35.8 Å². The molecule has 9 nitrogen and oxygen atoms in total. The lowest BCUT2D eigenvalue weighted by atomic mass is 10.1. The van der Waals surface area contributed by atoms with Crippen molar-refractivity contribution in [1.29, 1.82) is 0 Å². The summed E-state index contributed by atoms with van der Waals surface area (Å²) in [6, 6.07) is 0.217. The molecule has 0 spiro atoms. The first kappa shape index (κ1) is 21.6. The highest BCUT2D eigenvalue weighted by atomic mass is 16.5. The number of ether oxygens (including phenoxy) is 1. The number of aromatic nitrogens is 2. The van der Waals surface area contributed by atoms with Gasteiger partial charge in [-0.3, -0.25) is 4.79 Å². The van der Waals surface area contributed by atoms with Crippen molar-refractivity contribution in [1.82, 2.24) is 15.2 Å². The van der Waals surface area contributed by atoms with E-state index in [9.17, 15) is 4.79 Å². The fourth-order valence-corrected chi connectivity index (χ4v) is 2.72. The number of nitrogens with one attached hydrogen (secondary N) is 2. The number of nitrogens with zero attached hydrogens (tertiary/aromatic N) is 3. The molecule has 10 heteroatoms. The van der Waals surface area contributed by atoms with Gasteiger partial charge in [0.25, 0.3) is 5.91 Å². The van der Waals surface area contributed by atoms with E-state index in [2.05, 4.69) is 32.1 Å². The van der Waals surface area contributed by atoms with Gasteiger partial charge in [-0.1, -0.05) is 13.5 Å². The molecule has 0 saturated carbocycles. The molecule has 0 unspecified atom stereocenters. The first-order chi connectivity index (χ1) is 13.5. The normalized spacial score (nSPS) is 16.0. The van der Waals surface area contributed by atoms with Crippen LogP contribution in [0.5, 0.6) is 0 Å². The van der Waals surface area contributed by atoms with Crippen LogP contribution in [0.4, 0.5) is 11.6 Å². The topological polar surface area (TPSA) is 141 Å². The van der Waals surface area contributed by atoms with Crippen LogP contribution in [0, 0.1) is 0 Å². The minimum atomic E-state index is -0.706. The molecule has 1 saturated heterocycles. The van der Waals surface area contributed by atoms with Crippen LogP contribution >= 0.6 is 0 Å². The summed E-state index contributed by atoms with van der Waals surface area (Å²) >= 11 is 0. The fourth-order valence-electron chi connectivity index (χ4n) is 2.72. The molecule has 6 N–H and O–H groups in total. The zero-order chi connectivity index (χ0) is 20.5. The molecule has 2 radical (unpaired) electrons. The van der Waals surface area contributed by atoms with E-state index in [0.29, 0.717) is 42.6 Å². The molecule has 1 aromatic rings. The van der Waals surface area contributed by atoms with Crippen LogP contribution in [0.1, 0.15) is 35.9 Å². The maximum Gasteiger partial charge on any atom is 0.271 e. The molecule has 1 aliphatic rings. The van der Waals surface area contributed by atoms with Crippen LogP contribution in [0.25, 0.3) is 0 Å². The van der Waals surface area contributed by atoms with E-state index < -0.39 is 5.91 Å². The molecule has 0 aromatic carbocycles. The third kappa shape index (κ3) is 5.90. The quantitative estimate of drug-likeness (QED) is 0.360. The number of amides is 1. The summed E-state index contributed by atoms with van der Waals surface area (Å²) in [5.41, 5.74) is 12.9. The van der Waals surface area contributed by atoms with Gasteiger partial charge in [0.05, 0.1) is 11.4 Å². The molecule has 0 aliphatic carbocycles. The number of primary amides is 1. The van der Waals surface area contributed by atoms with Crippen LogP contribution in [-0.4, -0.2) is 55.4 Å². The third-order valence-corrected chi connectivity index (χ3v) is 4.16. The zero-order valence-corrected chi connectivity index (χ0v) is 16.1. The summed E-state index contributed by atoms with van der Waals surface area (Å²) in [4.78, 5) is 25.2. The van der Waals surface area contributed by atoms with Gasteiger partial charge in [-0.2, -0.15) is 0 Å². The van der Waals surface area contributed by atoms with E-state index in [0.717, 1.165) is 12.8 Å². The molecule has 1 fully saturated rings. The van der Waals surface area contributed by atoms with Gasteiger partial charge < -0.3 is 26.7 Å². The zero-order valence-electron chi connectivity index (χ0n) is 16.1. The van der Waals surface area contributed by atoms with E-state index in [1.54, 1.807) is 6.08 Å². The maximum absolute atomic E-state index is 11.9. The first-order valence-electron chi connectivity index (χ1n) is 9.14. The van der Waals surface area contributed by atoms with Crippen molar-refractivity contribution in [2.75, 3.05) is 25.1 Å². The molecule has 1 aromatic heterocycles. The largest absolute Gasteiger partial charge is 0.401 e. The highest BCUT2D eigenvalue weighted by molar-refractivity contribution is 6.07. The number of carbonyl (C=O) groups is 1. The summed E-state index contributed by atoms with van der Waals surface area (Å²) < 4.78 is 5.39. The Kier molecular flexibility index (Phi) is 8.15. The average Bonchev–Trinajstić information content (AvgIpc) is 2.68. The molecular formula is C18H26BN7O2. The fraction of sp³-hybridized carbons (Fsp3) is 0.444. The number of nitrogens with two attached hydrogens (primary N) is 2.